The molecule has 3 rings (SSSR count). The van der Waals surface area contributed by atoms with Crippen LogP contribution in [0.15, 0.2) is 70.8 Å². The Kier molecular flexibility index (Phi) is 7.48. The number of halogens is 1. The maximum Gasteiger partial charge on any atom is 0.234 e. The molecule has 0 bridgehead atoms. The van der Waals surface area contributed by atoms with E-state index in [1.807, 2.05) is 60.0 Å². The van der Waals surface area contributed by atoms with Crippen molar-refractivity contribution in [3.8, 4) is 17.1 Å². The zero-order chi connectivity index (χ0) is 20.6. The number of hydrogen-bond donors (Lipinski definition) is 1. The second-order valence-electron chi connectivity index (χ2n) is 6.01. The van der Waals surface area contributed by atoms with Gasteiger partial charge in [0.15, 0.2) is 11.0 Å². The van der Waals surface area contributed by atoms with Crippen LogP contribution in [0.4, 0.5) is 5.69 Å². The van der Waals surface area contributed by atoms with E-state index in [1.54, 1.807) is 6.08 Å². The van der Waals surface area contributed by atoms with Gasteiger partial charge in [0, 0.05) is 22.3 Å². The molecule has 0 atom stereocenters. The molecular weight excluding hydrogens is 452 g/mol. The van der Waals surface area contributed by atoms with Gasteiger partial charge in [-0.15, -0.1) is 16.8 Å². The largest absolute Gasteiger partial charge is 0.494 e. The van der Waals surface area contributed by atoms with Crippen molar-refractivity contribution in [1.29, 1.82) is 0 Å². The van der Waals surface area contributed by atoms with E-state index < -0.39 is 0 Å². The van der Waals surface area contributed by atoms with E-state index in [1.165, 1.54) is 11.8 Å². The molecule has 6 nitrogen and oxygen atoms in total. The van der Waals surface area contributed by atoms with Crippen molar-refractivity contribution < 1.29 is 9.53 Å². The van der Waals surface area contributed by atoms with Crippen molar-refractivity contribution in [3.05, 3.63) is 65.7 Å². The molecule has 0 saturated carbocycles. The Hall–Kier alpha value is -2.58. The van der Waals surface area contributed by atoms with Crippen molar-refractivity contribution >= 4 is 39.3 Å². The van der Waals surface area contributed by atoms with Crippen molar-refractivity contribution in [2.75, 3.05) is 17.7 Å². The molecule has 3 aromatic rings. The van der Waals surface area contributed by atoms with E-state index in [0.717, 1.165) is 27.3 Å². The molecule has 150 valence electrons. The molecule has 0 saturated heterocycles. The summed E-state index contributed by atoms with van der Waals surface area (Å²) < 4.78 is 8.35. The minimum Gasteiger partial charge on any atom is -0.494 e. The SMILES string of the molecule is C=CCn1c(SCC(=O)Nc2ccc(OCC)cc2)nnc1-c1ccc(Br)cc1. The van der Waals surface area contributed by atoms with Gasteiger partial charge in [-0.25, -0.2) is 0 Å². The number of allylic oxidation sites excluding steroid dienone is 1. The van der Waals surface area contributed by atoms with E-state index in [-0.39, 0.29) is 11.7 Å². The van der Waals surface area contributed by atoms with Crippen molar-refractivity contribution in [3.63, 3.8) is 0 Å². The number of carbonyl (C=O) groups excluding carboxylic acids is 1. The summed E-state index contributed by atoms with van der Waals surface area (Å²) in [5, 5.41) is 12.1. The van der Waals surface area contributed by atoms with Gasteiger partial charge < -0.3 is 10.1 Å². The quantitative estimate of drug-likeness (QED) is 0.349. The number of rotatable bonds is 9. The van der Waals surface area contributed by atoms with Gasteiger partial charge in [0.25, 0.3) is 0 Å². The zero-order valence-corrected chi connectivity index (χ0v) is 18.4. The molecule has 0 fully saturated rings. The Morgan fingerprint density at radius 1 is 1.21 bits per heavy atom. The Bertz CT molecular complexity index is 971. The van der Waals surface area contributed by atoms with Gasteiger partial charge in [-0.2, -0.15) is 0 Å². The van der Waals surface area contributed by atoms with Crippen LogP contribution in [-0.4, -0.2) is 33.0 Å². The van der Waals surface area contributed by atoms with Gasteiger partial charge in [0.2, 0.25) is 5.91 Å². The van der Waals surface area contributed by atoms with Gasteiger partial charge in [0.05, 0.1) is 12.4 Å². The standard InChI is InChI=1S/C21H21BrN4O2S/c1-3-13-26-20(15-5-7-16(22)8-6-15)24-25-21(26)29-14-19(27)23-17-9-11-18(12-10-17)28-4-2/h3,5-12H,1,4,13-14H2,2H3,(H,23,27). The molecule has 0 spiro atoms. The molecule has 29 heavy (non-hydrogen) atoms. The maximum atomic E-state index is 12.3. The molecule has 0 unspecified atom stereocenters. The van der Waals surface area contributed by atoms with Crippen LogP contribution in [0.25, 0.3) is 11.4 Å². The van der Waals surface area contributed by atoms with E-state index >= 15 is 0 Å². The molecule has 0 aliphatic heterocycles. The summed E-state index contributed by atoms with van der Waals surface area (Å²) in [6.07, 6.45) is 1.79. The molecule has 2 aromatic carbocycles. The lowest BCUT2D eigenvalue weighted by atomic mass is 10.2. The highest BCUT2D eigenvalue weighted by atomic mass is 79.9. The molecule has 0 aliphatic carbocycles. The molecule has 1 heterocycles. The van der Waals surface area contributed by atoms with Crippen LogP contribution in [0.3, 0.4) is 0 Å². The monoisotopic (exact) mass is 472 g/mol. The number of hydrogen-bond acceptors (Lipinski definition) is 5. The Balaban J connectivity index is 1.65. The average molecular weight is 473 g/mol. The van der Waals surface area contributed by atoms with E-state index in [4.69, 9.17) is 4.74 Å². The van der Waals surface area contributed by atoms with Gasteiger partial charge in [-0.1, -0.05) is 45.9 Å². The molecule has 0 radical (unpaired) electrons. The van der Waals surface area contributed by atoms with Crippen LogP contribution in [0.1, 0.15) is 6.92 Å². The number of nitrogens with zero attached hydrogens (tertiary/aromatic N) is 3. The second kappa shape index (κ2) is 10.3. The summed E-state index contributed by atoms with van der Waals surface area (Å²) in [6.45, 7) is 6.91. The number of thioether (sulfide) groups is 1. The van der Waals surface area contributed by atoms with Crippen molar-refractivity contribution in [1.82, 2.24) is 14.8 Å². The highest BCUT2D eigenvalue weighted by molar-refractivity contribution is 9.10. The number of amides is 1. The topological polar surface area (TPSA) is 69.0 Å². The first-order valence-electron chi connectivity index (χ1n) is 9.06. The van der Waals surface area contributed by atoms with Gasteiger partial charge >= 0.3 is 0 Å². The fourth-order valence-corrected chi connectivity index (χ4v) is 3.64. The fourth-order valence-electron chi connectivity index (χ4n) is 2.63. The minimum atomic E-state index is -0.113. The molecular formula is C21H21BrN4O2S. The number of benzene rings is 2. The van der Waals surface area contributed by atoms with Crippen LogP contribution in [0.5, 0.6) is 5.75 Å². The Morgan fingerprint density at radius 3 is 2.59 bits per heavy atom. The lowest BCUT2D eigenvalue weighted by Gasteiger charge is -2.09. The summed E-state index contributed by atoms with van der Waals surface area (Å²) in [7, 11) is 0. The van der Waals surface area contributed by atoms with Crippen LogP contribution in [-0.2, 0) is 11.3 Å². The maximum absolute atomic E-state index is 12.3. The van der Waals surface area contributed by atoms with Gasteiger partial charge in [0.1, 0.15) is 5.75 Å². The number of nitrogens with one attached hydrogen (secondary N) is 1. The third-order valence-electron chi connectivity index (χ3n) is 3.91. The van der Waals surface area contributed by atoms with Crippen LogP contribution in [0.2, 0.25) is 0 Å². The first-order chi connectivity index (χ1) is 14.1. The highest BCUT2D eigenvalue weighted by Gasteiger charge is 2.15. The number of aromatic nitrogens is 3. The number of carbonyl (C=O) groups is 1. The first kappa shape index (κ1) is 21.1. The second-order valence-corrected chi connectivity index (χ2v) is 7.86. The van der Waals surface area contributed by atoms with Crippen molar-refractivity contribution in [2.24, 2.45) is 0 Å². The van der Waals surface area contributed by atoms with E-state index in [9.17, 15) is 4.79 Å². The first-order valence-corrected chi connectivity index (χ1v) is 10.8. The summed E-state index contributed by atoms with van der Waals surface area (Å²) in [6, 6.07) is 15.2. The Morgan fingerprint density at radius 2 is 1.93 bits per heavy atom. The lowest BCUT2D eigenvalue weighted by Crippen LogP contribution is -2.14. The van der Waals surface area contributed by atoms with Crippen LogP contribution in [0, 0.1) is 0 Å². The molecule has 1 aromatic heterocycles. The molecule has 8 heteroatoms. The molecule has 0 aliphatic rings. The number of ether oxygens (including phenoxy) is 1. The van der Waals surface area contributed by atoms with E-state index in [0.29, 0.717) is 18.3 Å². The third-order valence-corrected chi connectivity index (χ3v) is 5.41. The number of anilines is 1. The predicted octanol–water partition coefficient (Wildman–Crippen LogP) is 5.02. The normalized spacial score (nSPS) is 10.6. The minimum absolute atomic E-state index is 0.113. The zero-order valence-electron chi connectivity index (χ0n) is 16.0. The van der Waals surface area contributed by atoms with Crippen LogP contribution >= 0.6 is 27.7 Å². The molecule has 1 amide bonds. The summed E-state index contributed by atoms with van der Waals surface area (Å²) in [5.41, 5.74) is 1.68. The highest BCUT2D eigenvalue weighted by Crippen LogP contribution is 2.25. The summed E-state index contributed by atoms with van der Waals surface area (Å²) >= 11 is 4.78. The van der Waals surface area contributed by atoms with Crippen molar-refractivity contribution in [2.45, 2.75) is 18.6 Å². The fraction of sp³-hybridized carbons (Fsp3) is 0.190. The Labute approximate surface area is 182 Å². The van der Waals surface area contributed by atoms with Crippen LogP contribution < -0.4 is 10.1 Å². The summed E-state index contributed by atoms with van der Waals surface area (Å²) in [5.74, 6) is 1.63. The van der Waals surface area contributed by atoms with E-state index in [2.05, 4.69) is 38.0 Å². The smallest absolute Gasteiger partial charge is 0.234 e. The predicted molar refractivity (Wildman–Crippen MR) is 120 cm³/mol. The summed E-state index contributed by atoms with van der Waals surface area (Å²) in [4.78, 5) is 12.3. The van der Waals surface area contributed by atoms with Gasteiger partial charge in [-0.05, 0) is 43.3 Å². The van der Waals surface area contributed by atoms with Gasteiger partial charge in [-0.3, -0.25) is 9.36 Å². The molecule has 1 N–H and O–H groups in total. The third kappa shape index (κ3) is 5.71. The average Bonchev–Trinajstić information content (AvgIpc) is 3.12. The lowest BCUT2D eigenvalue weighted by molar-refractivity contribution is -0.113.